The van der Waals surface area contributed by atoms with Crippen molar-refractivity contribution in [3.05, 3.63) is 45.6 Å². The minimum absolute atomic E-state index is 0.0884. The highest BCUT2D eigenvalue weighted by molar-refractivity contribution is 7.98. The molecule has 3 rings (SSSR count). The summed E-state index contributed by atoms with van der Waals surface area (Å²) < 4.78 is 0. The van der Waals surface area contributed by atoms with E-state index in [0.717, 1.165) is 5.56 Å². The van der Waals surface area contributed by atoms with Gasteiger partial charge in [0, 0.05) is 22.8 Å². The lowest BCUT2D eigenvalue weighted by atomic mass is 10.1. The molecule has 0 aliphatic carbocycles. The molecular formula is C15H14Cl2N4OS. The van der Waals surface area contributed by atoms with Crippen LogP contribution in [-0.2, 0) is 6.42 Å². The fraction of sp³-hybridized carbons (Fsp3) is 0.267. The Bertz CT molecular complexity index is 736. The van der Waals surface area contributed by atoms with E-state index in [-0.39, 0.29) is 5.91 Å². The van der Waals surface area contributed by atoms with E-state index in [4.69, 9.17) is 23.2 Å². The number of carbonyl (C=O) groups is 1. The molecule has 0 bridgehead atoms. The van der Waals surface area contributed by atoms with E-state index in [2.05, 4.69) is 15.3 Å². The summed E-state index contributed by atoms with van der Waals surface area (Å²) in [6, 6.07) is 5.40. The molecule has 2 aromatic rings. The molecule has 0 radical (unpaired) electrons. The van der Waals surface area contributed by atoms with E-state index in [9.17, 15) is 4.79 Å². The van der Waals surface area contributed by atoms with Crippen LogP contribution in [0.3, 0.4) is 0 Å². The Morgan fingerprint density at radius 3 is 2.78 bits per heavy atom. The van der Waals surface area contributed by atoms with E-state index in [1.807, 2.05) is 6.26 Å². The van der Waals surface area contributed by atoms with Crippen LogP contribution in [0.25, 0.3) is 0 Å². The van der Waals surface area contributed by atoms with Gasteiger partial charge >= 0.3 is 0 Å². The Labute approximate surface area is 148 Å². The summed E-state index contributed by atoms with van der Waals surface area (Å²) in [5.74, 6) is 0.496. The first-order valence-electron chi connectivity index (χ1n) is 6.97. The van der Waals surface area contributed by atoms with Gasteiger partial charge in [-0.1, -0.05) is 41.0 Å². The standard InChI is InChI=1S/C15H14Cl2N4OS/c1-23-15-18-7-10-13(20-15)19-8-21(14(10)22)6-5-9-11(16)3-2-4-12(9)17/h2-4,7H,5-6,8H2,1H3,(H,18,19,20). The lowest BCUT2D eigenvalue weighted by molar-refractivity contribution is 0.0758. The lowest BCUT2D eigenvalue weighted by Gasteiger charge is -2.29. The molecule has 2 heterocycles. The first-order valence-corrected chi connectivity index (χ1v) is 8.95. The van der Waals surface area contributed by atoms with Crippen molar-refractivity contribution in [3.63, 3.8) is 0 Å². The molecule has 1 amide bonds. The predicted molar refractivity (Wildman–Crippen MR) is 93.5 cm³/mol. The number of rotatable bonds is 4. The second kappa shape index (κ2) is 6.95. The number of aromatic nitrogens is 2. The number of thioether (sulfide) groups is 1. The molecular weight excluding hydrogens is 355 g/mol. The molecule has 120 valence electrons. The minimum atomic E-state index is -0.0884. The summed E-state index contributed by atoms with van der Waals surface area (Å²) in [5, 5.41) is 5.03. The normalized spacial score (nSPS) is 13.7. The molecule has 0 saturated carbocycles. The van der Waals surface area contributed by atoms with Gasteiger partial charge in [0.15, 0.2) is 5.16 Å². The summed E-state index contributed by atoms with van der Waals surface area (Å²) in [6.45, 7) is 0.914. The SMILES string of the molecule is CSc1ncc2c(n1)NCN(CCc1c(Cl)cccc1Cl)C2=O. The van der Waals surface area contributed by atoms with Crippen LogP contribution < -0.4 is 5.32 Å². The fourth-order valence-corrected chi connectivity index (χ4v) is 3.29. The third-order valence-electron chi connectivity index (χ3n) is 3.60. The zero-order valence-corrected chi connectivity index (χ0v) is 14.7. The van der Waals surface area contributed by atoms with Crippen LogP contribution in [-0.4, -0.2) is 40.2 Å². The maximum absolute atomic E-state index is 12.5. The number of fused-ring (bicyclic) bond motifs is 1. The topological polar surface area (TPSA) is 58.1 Å². The molecule has 1 aliphatic rings. The number of nitrogens with zero attached hydrogens (tertiary/aromatic N) is 3. The van der Waals surface area contributed by atoms with Crippen LogP contribution in [0.1, 0.15) is 15.9 Å². The van der Waals surface area contributed by atoms with Gasteiger partial charge < -0.3 is 10.2 Å². The molecule has 0 atom stereocenters. The smallest absolute Gasteiger partial charge is 0.260 e. The summed E-state index contributed by atoms with van der Waals surface area (Å²) in [4.78, 5) is 22.7. The van der Waals surface area contributed by atoms with Gasteiger partial charge in [0.25, 0.3) is 5.91 Å². The molecule has 0 spiro atoms. The lowest BCUT2D eigenvalue weighted by Crippen LogP contribution is -2.41. The van der Waals surface area contributed by atoms with Gasteiger partial charge in [-0.15, -0.1) is 0 Å². The summed E-state index contributed by atoms with van der Waals surface area (Å²) >= 11 is 13.8. The predicted octanol–water partition coefficient (Wildman–Crippen LogP) is 3.57. The maximum Gasteiger partial charge on any atom is 0.260 e. The average molecular weight is 369 g/mol. The van der Waals surface area contributed by atoms with Crippen LogP contribution in [0.2, 0.25) is 10.0 Å². The van der Waals surface area contributed by atoms with Gasteiger partial charge in [-0.25, -0.2) is 9.97 Å². The third-order valence-corrected chi connectivity index (χ3v) is 4.87. The summed E-state index contributed by atoms with van der Waals surface area (Å²) in [5.41, 5.74) is 1.34. The van der Waals surface area contributed by atoms with Crippen molar-refractivity contribution in [2.24, 2.45) is 0 Å². The van der Waals surface area contributed by atoms with Gasteiger partial charge in [0.05, 0.1) is 6.67 Å². The Morgan fingerprint density at radius 1 is 1.35 bits per heavy atom. The molecule has 0 unspecified atom stereocenters. The van der Waals surface area contributed by atoms with Gasteiger partial charge in [-0.3, -0.25) is 4.79 Å². The van der Waals surface area contributed by atoms with Crippen LogP contribution in [0, 0.1) is 0 Å². The average Bonchev–Trinajstić information content (AvgIpc) is 2.56. The van der Waals surface area contributed by atoms with Crippen molar-refractivity contribution in [2.45, 2.75) is 11.6 Å². The van der Waals surface area contributed by atoms with Crippen molar-refractivity contribution >= 4 is 46.7 Å². The van der Waals surface area contributed by atoms with Crippen LogP contribution in [0.5, 0.6) is 0 Å². The number of halogens is 2. The molecule has 5 nitrogen and oxygen atoms in total. The molecule has 0 fully saturated rings. The van der Waals surface area contributed by atoms with Crippen molar-refractivity contribution in [3.8, 4) is 0 Å². The Hall–Kier alpha value is -1.50. The highest BCUT2D eigenvalue weighted by Crippen LogP contribution is 2.26. The van der Waals surface area contributed by atoms with E-state index in [1.165, 1.54) is 11.8 Å². The minimum Gasteiger partial charge on any atom is -0.352 e. The largest absolute Gasteiger partial charge is 0.352 e. The van der Waals surface area contributed by atoms with Gasteiger partial charge in [-0.2, -0.15) is 0 Å². The molecule has 23 heavy (non-hydrogen) atoms. The molecule has 1 aromatic carbocycles. The van der Waals surface area contributed by atoms with Crippen molar-refractivity contribution in [2.75, 3.05) is 24.8 Å². The van der Waals surface area contributed by atoms with E-state index >= 15 is 0 Å². The first-order chi connectivity index (χ1) is 11.1. The monoisotopic (exact) mass is 368 g/mol. The quantitative estimate of drug-likeness (QED) is 0.660. The number of anilines is 1. The molecule has 1 aliphatic heterocycles. The van der Waals surface area contributed by atoms with Crippen LogP contribution >= 0.6 is 35.0 Å². The third kappa shape index (κ3) is 3.39. The molecule has 1 aromatic heterocycles. The van der Waals surface area contributed by atoms with E-state index in [0.29, 0.717) is 46.2 Å². The van der Waals surface area contributed by atoms with Gasteiger partial charge in [0.2, 0.25) is 0 Å². The highest BCUT2D eigenvalue weighted by Gasteiger charge is 2.26. The Morgan fingerprint density at radius 2 is 2.09 bits per heavy atom. The second-order valence-corrected chi connectivity index (χ2v) is 6.56. The van der Waals surface area contributed by atoms with Crippen LogP contribution in [0.4, 0.5) is 5.82 Å². The Balaban J connectivity index is 1.74. The van der Waals surface area contributed by atoms with Crippen molar-refractivity contribution < 1.29 is 4.79 Å². The number of hydrogen-bond acceptors (Lipinski definition) is 5. The highest BCUT2D eigenvalue weighted by atomic mass is 35.5. The van der Waals surface area contributed by atoms with E-state index < -0.39 is 0 Å². The molecule has 8 heteroatoms. The summed E-state index contributed by atoms with van der Waals surface area (Å²) in [6.07, 6.45) is 4.05. The molecule has 1 N–H and O–H groups in total. The number of benzene rings is 1. The summed E-state index contributed by atoms with van der Waals surface area (Å²) in [7, 11) is 0. The van der Waals surface area contributed by atoms with E-state index in [1.54, 1.807) is 29.3 Å². The molecule has 0 saturated heterocycles. The Kier molecular flexibility index (Phi) is 4.94. The number of carbonyl (C=O) groups excluding carboxylic acids is 1. The zero-order valence-electron chi connectivity index (χ0n) is 12.3. The maximum atomic E-state index is 12.5. The number of amides is 1. The van der Waals surface area contributed by atoms with Crippen LogP contribution in [0.15, 0.2) is 29.6 Å². The van der Waals surface area contributed by atoms with Crippen molar-refractivity contribution in [1.82, 2.24) is 14.9 Å². The second-order valence-electron chi connectivity index (χ2n) is 4.97. The number of nitrogens with one attached hydrogen (secondary N) is 1. The zero-order chi connectivity index (χ0) is 16.4. The number of hydrogen-bond donors (Lipinski definition) is 1. The first kappa shape index (κ1) is 16.4. The van der Waals surface area contributed by atoms with Gasteiger partial charge in [0.1, 0.15) is 11.4 Å². The van der Waals surface area contributed by atoms with Crippen molar-refractivity contribution in [1.29, 1.82) is 0 Å². The van der Waals surface area contributed by atoms with Gasteiger partial charge in [-0.05, 0) is 30.4 Å². The fourth-order valence-electron chi connectivity index (χ4n) is 2.37.